The highest BCUT2D eigenvalue weighted by Crippen LogP contribution is 2.29. The molecule has 0 atom stereocenters. The summed E-state index contributed by atoms with van der Waals surface area (Å²) in [6.45, 7) is 0. The molecular weight excluding hydrogens is 232 g/mol. The van der Waals surface area contributed by atoms with Gasteiger partial charge in [-0.2, -0.15) is 0 Å². The summed E-state index contributed by atoms with van der Waals surface area (Å²) in [7, 11) is 1.63. The maximum Gasteiger partial charge on any atom is 0.119 e. The van der Waals surface area contributed by atoms with Crippen molar-refractivity contribution in [3.05, 3.63) is 54.1 Å². The van der Waals surface area contributed by atoms with Crippen LogP contribution in [0.4, 0.5) is 0 Å². The van der Waals surface area contributed by atoms with Crippen LogP contribution in [0.3, 0.4) is 0 Å². The number of thioether (sulfide) groups is 1. The molecule has 0 aliphatic heterocycles. The van der Waals surface area contributed by atoms with E-state index in [1.165, 1.54) is 4.90 Å². The number of benzene rings is 2. The molecule has 0 bridgehead atoms. The molecule has 3 heteroatoms. The van der Waals surface area contributed by atoms with Crippen molar-refractivity contribution < 1.29 is 9.84 Å². The molecule has 2 rings (SSSR count). The summed E-state index contributed by atoms with van der Waals surface area (Å²) in [6.07, 6.45) is 0. The molecule has 17 heavy (non-hydrogen) atoms. The second-order valence-corrected chi connectivity index (χ2v) is 4.65. The van der Waals surface area contributed by atoms with Crippen LogP contribution < -0.4 is 4.74 Å². The highest BCUT2D eigenvalue weighted by atomic mass is 32.2. The van der Waals surface area contributed by atoms with Gasteiger partial charge < -0.3 is 9.84 Å². The zero-order valence-electron chi connectivity index (χ0n) is 9.59. The van der Waals surface area contributed by atoms with Crippen molar-refractivity contribution >= 4 is 11.8 Å². The third-order valence-corrected chi connectivity index (χ3v) is 3.49. The fourth-order valence-corrected chi connectivity index (χ4v) is 2.39. The summed E-state index contributed by atoms with van der Waals surface area (Å²) < 4.78 is 5.14. The van der Waals surface area contributed by atoms with E-state index in [4.69, 9.17) is 4.74 Å². The molecule has 88 valence electrons. The largest absolute Gasteiger partial charge is 0.508 e. The Morgan fingerprint density at radius 3 is 2.59 bits per heavy atom. The van der Waals surface area contributed by atoms with E-state index in [2.05, 4.69) is 12.1 Å². The van der Waals surface area contributed by atoms with Gasteiger partial charge in [0.25, 0.3) is 0 Å². The van der Waals surface area contributed by atoms with E-state index in [0.29, 0.717) is 5.75 Å². The monoisotopic (exact) mass is 246 g/mol. The van der Waals surface area contributed by atoms with Gasteiger partial charge in [-0.3, -0.25) is 0 Å². The molecule has 1 N–H and O–H groups in total. The Kier molecular flexibility index (Phi) is 3.94. The minimum atomic E-state index is 0.314. The fraction of sp³-hybridized carbons (Fsp3) is 0.143. The maximum absolute atomic E-state index is 9.74. The van der Waals surface area contributed by atoms with Crippen LogP contribution in [-0.4, -0.2) is 12.2 Å². The second-order valence-electron chi connectivity index (χ2n) is 3.60. The molecule has 0 aromatic heterocycles. The van der Waals surface area contributed by atoms with Gasteiger partial charge in [-0.05, 0) is 30.3 Å². The van der Waals surface area contributed by atoms with Crippen molar-refractivity contribution in [2.75, 3.05) is 7.11 Å². The van der Waals surface area contributed by atoms with Crippen LogP contribution in [0.25, 0.3) is 0 Å². The zero-order valence-corrected chi connectivity index (χ0v) is 10.4. The number of phenolic OH excluding ortho intramolecular Hbond substituents is 1. The highest BCUT2D eigenvalue weighted by molar-refractivity contribution is 7.98. The summed E-state index contributed by atoms with van der Waals surface area (Å²) >= 11 is 1.69. The molecule has 0 heterocycles. The van der Waals surface area contributed by atoms with Crippen molar-refractivity contribution in [3.63, 3.8) is 0 Å². The second kappa shape index (κ2) is 5.64. The Morgan fingerprint density at radius 1 is 1.12 bits per heavy atom. The predicted molar refractivity (Wildman–Crippen MR) is 70.7 cm³/mol. The summed E-state index contributed by atoms with van der Waals surface area (Å²) in [5.74, 6) is 1.81. The summed E-state index contributed by atoms with van der Waals surface area (Å²) in [4.78, 5) is 1.19. The molecule has 0 radical (unpaired) electrons. The standard InChI is InChI=1S/C14H14O2S/c1-16-12-7-8-14(15)11(9-12)10-17-13-5-3-2-4-6-13/h2-9,15H,10H2,1H3. The van der Waals surface area contributed by atoms with Crippen LogP contribution in [0.1, 0.15) is 5.56 Å². The van der Waals surface area contributed by atoms with E-state index in [1.54, 1.807) is 31.0 Å². The first-order valence-corrected chi connectivity index (χ1v) is 6.32. The van der Waals surface area contributed by atoms with E-state index in [0.717, 1.165) is 17.1 Å². The van der Waals surface area contributed by atoms with E-state index in [9.17, 15) is 5.11 Å². The lowest BCUT2D eigenvalue weighted by atomic mass is 10.2. The van der Waals surface area contributed by atoms with Crippen LogP contribution in [0.2, 0.25) is 0 Å². The van der Waals surface area contributed by atoms with Crippen LogP contribution in [-0.2, 0) is 5.75 Å². The first-order valence-electron chi connectivity index (χ1n) is 5.33. The number of hydrogen-bond acceptors (Lipinski definition) is 3. The minimum absolute atomic E-state index is 0.314. The molecule has 0 saturated carbocycles. The van der Waals surface area contributed by atoms with Gasteiger partial charge in [-0.15, -0.1) is 11.8 Å². The van der Waals surface area contributed by atoms with Gasteiger partial charge in [0, 0.05) is 16.2 Å². The van der Waals surface area contributed by atoms with E-state index in [-0.39, 0.29) is 0 Å². The topological polar surface area (TPSA) is 29.5 Å². The molecule has 0 unspecified atom stereocenters. The van der Waals surface area contributed by atoms with Gasteiger partial charge in [0.1, 0.15) is 11.5 Å². The number of methoxy groups -OCH3 is 1. The highest BCUT2D eigenvalue weighted by Gasteiger charge is 2.04. The maximum atomic E-state index is 9.74. The molecule has 2 aromatic carbocycles. The summed E-state index contributed by atoms with van der Waals surface area (Å²) in [5, 5.41) is 9.74. The van der Waals surface area contributed by atoms with Gasteiger partial charge >= 0.3 is 0 Å². The smallest absolute Gasteiger partial charge is 0.119 e. The summed E-state index contributed by atoms with van der Waals surface area (Å²) in [6, 6.07) is 15.4. The summed E-state index contributed by atoms with van der Waals surface area (Å²) in [5.41, 5.74) is 0.887. The molecule has 0 spiro atoms. The average molecular weight is 246 g/mol. The van der Waals surface area contributed by atoms with Crippen LogP contribution in [0.15, 0.2) is 53.4 Å². The average Bonchev–Trinajstić information content (AvgIpc) is 2.39. The van der Waals surface area contributed by atoms with Gasteiger partial charge in [0.15, 0.2) is 0 Å². The lowest BCUT2D eigenvalue weighted by molar-refractivity contribution is 0.411. The SMILES string of the molecule is COc1ccc(O)c(CSc2ccccc2)c1. The molecule has 0 fully saturated rings. The van der Waals surface area contributed by atoms with Crippen molar-refractivity contribution in [2.24, 2.45) is 0 Å². The predicted octanol–water partition coefficient (Wildman–Crippen LogP) is 3.69. The zero-order chi connectivity index (χ0) is 12.1. The molecule has 0 aliphatic carbocycles. The van der Waals surface area contributed by atoms with Crippen molar-refractivity contribution in [2.45, 2.75) is 10.6 Å². The van der Waals surface area contributed by atoms with Gasteiger partial charge in [-0.25, -0.2) is 0 Å². The minimum Gasteiger partial charge on any atom is -0.508 e. The van der Waals surface area contributed by atoms with Crippen molar-refractivity contribution in [1.82, 2.24) is 0 Å². The Labute approximate surface area is 105 Å². The van der Waals surface area contributed by atoms with Crippen LogP contribution >= 0.6 is 11.8 Å². The van der Waals surface area contributed by atoms with Gasteiger partial charge in [-0.1, -0.05) is 18.2 Å². The Balaban J connectivity index is 2.08. The normalized spacial score (nSPS) is 10.2. The quantitative estimate of drug-likeness (QED) is 0.834. The Bertz CT molecular complexity index is 483. The first kappa shape index (κ1) is 11.9. The molecular formula is C14H14O2S. The number of rotatable bonds is 4. The van der Waals surface area contributed by atoms with Crippen molar-refractivity contribution in [1.29, 1.82) is 0 Å². The van der Waals surface area contributed by atoms with Gasteiger partial charge in [0.2, 0.25) is 0 Å². The third kappa shape index (κ3) is 3.17. The van der Waals surface area contributed by atoms with E-state index >= 15 is 0 Å². The lowest BCUT2D eigenvalue weighted by Gasteiger charge is -2.07. The van der Waals surface area contributed by atoms with E-state index in [1.807, 2.05) is 24.3 Å². The lowest BCUT2D eigenvalue weighted by Crippen LogP contribution is -1.86. The van der Waals surface area contributed by atoms with Crippen LogP contribution in [0.5, 0.6) is 11.5 Å². The number of phenols is 1. The third-order valence-electron chi connectivity index (χ3n) is 2.42. The van der Waals surface area contributed by atoms with Crippen LogP contribution in [0, 0.1) is 0 Å². The number of hydrogen-bond donors (Lipinski definition) is 1. The number of ether oxygens (including phenoxy) is 1. The van der Waals surface area contributed by atoms with Crippen molar-refractivity contribution in [3.8, 4) is 11.5 Å². The molecule has 0 saturated heterocycles. The molecule has 0 amide bonds. The van der Waals surface area contributed by atoms with E-state index < -0.39 is 0 Å². The molecule has 0 aliphatic rings. The molecule has 2 nitrogen and oxygen atoms in total. The Morgan fingerprint density at radius 2 is 1.88 bits per heavy atom. The number of aromatic hydroxyl groups is 1. The first-order chi connectivity index (χ1) is 8.29. The Hall–Kier alpha value is -1.61. The fourth-order valence-electron chi connectivity index (χ4n) is 1.48. The molecule has 2 aromatic rings. The van der Waals surface area contributed by atoms with Gasteiger partial charge in [0.05, 0.1) is 7.11 Å².